The van der Waals surface area contributed by atoms with Crippen LogP contribution in [0.2, 0.25) is 0 Å². The number of benzene rings is 1. The van der Waals surface area contributed by atoms with Crippen LogP contribution >= 0.6 is 11.8 Å². The maximum Gasteiger partial charge on any atom is 0.336 e. The van der Waals surface area contributed by atoms with Crippen molar-refractivity contribution in [3.63, 3.8) is 0 Å². The molecule has 96 valence electrons. The molecule has 6 heteroatoms. The van der Waals surface area contributed by atoms with E-state index in [1.807, 2.05) is 0 Å². The SMILES string of the molecule is O=C(CSc1c(F)cccc1C(=O)O)NC1CC1. The zero-order chi connectivity index (χ0) is 13.1. The maximum absolute atomic E-state index is 13.5. The molecule has 0 spiro atoms. The average molecular weight is 269 g/mol. The summed E-state index contributed by atoms with van der Waals surface area (Å²) in [5.41, 5.74) is -0.112. The van der Waals surface area contributed by atoms with Crippen molar-refractivity contribution in [2.24, 2.45) is 0 Å². The van der Waals surface area contributed by atoms with Gasteiger partial charge in [-0.1, -0.05) is 6.07 Å². The number of thioether (sulfide) groups is 1. The Labute approximate surface area is 108 Å². The molecule has 2 N–H and O–H groups in total. The van der Waals surface area contributed by atoms with Gasteiger partial charge >= 0.3 is 5.97 Å². The topological polar surface area (TPSA) is 66.4 Å². The standard InChI is InChI=1S/C12H12FNO3S/c13-9-3-1-2-8(12(16)17)11(9)18-6-10(15)14-7-4-5-7/h1-3,7H,4-6H2,(H,14,15)(H,16,17). The van der Waals surface area contributed by atoms with Crippen LogP contribution in [0.3, 0.4) is 0 Å². The summed E-state index contributed by atoms with van der Waals surface area (Å²) in [5, 5.41) is 11.7. The van der Waals surface area contributed by atoms with E-state index in [1.54, 1.807) is 0 Å². The second-order valence-electron chi connectivity index (χ2n) is 4.05. The summed E-state index contributed by atoms with van der Waals surface area (Å²) in [6.07, 6.45) is 1.97. The smallest absolute Gasteiger partial charge is 0.336 e. The van der Waals surface area contributed by atoms with E-state index in [0.717, 1.165) is 24.6 Å². The van der Waals surface area contributed by atoms with Crippen molar-refractivity contribution < 1.29 is 19.1 Å². The van der Waals surface area contributed by atoms with Crippen molar-refractivity contribution in [3.8, 4) is 0 Å². The van der Waals surface area contributed by atoms with E-state index < -0.39 is 11.8 Å². The summed E-state index contributed by atoms with van der Waals surface area (Å²) in [7, 11) is 0. The second kappa shape index (κ2) is 5.39. The zero-order valence-electron chi connectivity index (χ0n) is 9.48. The Morgan fingerprint density at radius 2 is 2.17 bits per heavy atom. The van der Waals surface area contributed by atoms with Gasteiger partial charge in [0.15, 0.2) is 0 Å². The van der Waals surface area contributed by atoms with Gasteiger partial charge in [-0.25, -0.2) is 9.18 Å². The fourth-order valence-electron chi connectivity index (χ4n) is 1.46. The highest BCUT2D eigenvalue weighted by Crippen LogP contribution is 2.26. The van der Waals surface area contributed by atoms with Gasteiger partial charge in [-0.15, -0.1) is 11.8 Å². The van der Waals surface area contributed by atoms with Gasteiger partial charge in [-0.05, 0) is 25.0 Å². The summed E-state index contributed by atoms with van der Waals surface area (Å²) in [5.74, 6) is -1.97. The van der Waals surface area contributed by atoms with E-state index in [4.69, 9.17) is 5.11 Å². The third-order valence-corrected chi connectivity index (χ3v) is 3.60. The first-order valence-electron chi connectivity index (χ1n) is 5.52. The van der Waals surface area contributed by atoms with E-state index in [0.29, 0.717) is 0 Å². The molecule has 0 saturated heterocycles. The number of carbonyl (C=O) groups is 2. The van der Waals surface area contributed by atoms with Gasteiger partial charge in [0.1, 0.15) is 5.82 Å². The van der Waals surface area contributed by atoms with E-state index >= 15 is 0 Å². The highest BCUT2D eigenvalue weighted by atomic mass is 32.2. The number of carboxylic acid groups (broad SMARTS) is 1. The molecule has 1 aliphatic rings. The van der Waals surface area contributed by atoms with Crippen molar-refractivity contribution in [2.75, 3.05) is 5.75 Å². The van der Waals surface area contributed by atoms with Crippen molar-refractivity contribution in [2.45, 2.75) is 23.8 Å². The minimum absolute atomic E-state index is 0.0101. The third kappa shape index (κ3) is 3.22. The number of halogens is 1. The molecule has 1 amide bonds. The highest BCUT2D eigenvalue weighted by molar-refractivity contribution is 8.00. The van der Waals surface area contributed by atoms with E-state index in [-0.39, 0.29) is 28.2 Å². The number of aromatic carboxylic acids is 1. The number of nitrogens with one attached hydrogen (secondary N) is 1. The van der Waals surface area contributed by atoms with Crippen LogP contribution in [0.5, 0.6) is 0 Å². The number of rotatable bonds is 5. The minimum Gasteiger partial charge on any atom is -0.478 e. The van der Waals surface area contributed by atoms with Gasteiger partial charge < -0.3 is 10.4 Å². The van der Waals surface area contributed by atoms with Crippen LogP contribution in [0.15, 0.2) is 23.1 Å². The van der Waals surface area contributed by atoms with Crippen LogP contribution in [0.25, 0.3) is 0 Å². The Balaban J connectivity index is 2.03. The lowest BCUT2D eigenvalue weighted by Gasteiger charge is -2.07. The number of amides is 1. The molecule has 1 aromatic carbocycles. The van der Waals surface area contributed by atoms with Crippen molar-refractivity contribution in [1.29, 1.82) is 0 Å². The molecule has 1 aliphatic carbocycles. The molecule has 0 radical (unpaired) electrons. The van der Waals surface area contributed by atoms with E-state index in [2.05, 4.69) is 5.32 Å². The fourth-order valence-corrected chi connectivity index (χ4v) is 2.33. The average Bonchev–Trinajstić information content (AvgIpc) is 3.10. The molecule has 0 aromatic heterocycles. The summed E-state index contributed by atoms with van der Waals surface area (Å²) in [6, 6.07) is 4.10. The first-order chi connectivity index (χ1) is 8.58. The maximum atomic E-state index is 13.5. The quantitative estimate of drug-likeness (QED) is 0.801. The molecule has 1 fully saturated rings. The van der Waals surface area contributed by atoms with Crippen molar-refractivity contribution in [3.05, 3.63) is 29.6 Å². The molecule has 0 heterocycles. The lowest BCUT2D eigenvalue weighted by atomic mass is 10.2. The normalized spacial score (nSPS) is 14.3. The Morgan fingerprint density at radius 1 is 1.44 bits per heavy atom. The van der Waals surface area contributed by atoms with E-state index in [9.17, 15) is 14.0 Å². The molecule has 0 atom stereocenters. The number of hydrogen-bond acceptors (Lipinski definition) is 3. The molecule has 0 unspecified atom stereocenters. The first kappa shape index (κ1) is 12.9. The molecule has 1 aromatic rings. The lowest BCUT2D eigenvalue weighted by Crippen LogP contribution is -2.27. The van der Waals surface area contributed by atoms with E-state index in [1.165, 1.54) is 18.2 Å². The Morgan fingerprint density at radius 3 is 2.78 bits per heavy atom. The van der Waals surface area contributed by atoms with Gasteiger partial charge in [-0.2, -0.15) is 0 Å². The summed E-state index contributed by atoms with van der Waals surface area (Å²) in [4.78, 5) is 22.4. The molecule has 18 heavy (non-hydrogen) atoms. The molecular formula is C12H12FNO3S. The number of carboxylic acids is 1. The monoisotopic (exact) mass is 269 g/mol. The van der Waals surface area contributed by atoms with Crippen molar-refractivity contribution in [1.82, 2.24) is 5.32 Å². The van der Waals surface area contributed by atoms with Crippen LogP contribution in [-0.2, 0) is 4.79 Å². The largest absolute Gasteiger partial charge is 0.478 e. The molecule has 0 aliphatic heterocycles. The fraction of sp³-hybridized carbons (Fsp3) is 0.333. The van der Waals surface area contributed by atoms with Crippen molar-refractivity contribution >= 4 is 23.6 Å². The molecule has 2 rings (SSSR count). The van der Waals surface area contributed by atoms with Gasteiger partial charge in [0, 0.05) is 6.04 Å². The van der Waals surface area contributed by atoms with Gasteiger partial charge in [0.05, 0.1) is 16.2 Å². The molecule has 0 bridgehead atoms. The summed E-state index contributed by atoms with van der Waals surface area (Å²) in [6.45, 7) is 0. The Bertz CT molecular complexity index is 488. The third-order valence-electron chi connectivity index (χ3n) is 2.49. The van der Waals surface area contributed by atoms with Crippen LogP contribution < -0.4 is 5.32 Å². The zero-order valence-corrected chi connectivity index (χ0v) is 10.3. The molecule has 4 nitrogen and oxygen atoms in total. The minimum atomic E-state index is -1.19. The predicted octanol–water partition coefficient (Wildman–Crippen LogP) is 1.89. The molecule has 1 saturated carbocycles. The van der Waals surface area contributed by atoms with Gasteiger partial charge in [0.25, 0.3) is 0 Å². The Kier molecular flexibility index (Phi) is 3.86. The molecular weight excluding hydrogens is 257 g/mol. The summed E-state index contributed by atoms with van der Waals surface area (Å²) < 4.78 is 13.5. The lowest BCUT2D eigenvalue weighted by molar-refractivity contribution is -0.118. The summed E-state index contributed by atoms with van der Waals surface area (Å²) >= 11 is 0.912. The predicted molar refractivity (Wildman–Crippen MR) is 65.2 cm³/mol. The second-order valence-corrected chi connectivity index (χ2v) is 5.04. The highest BCUT2D eigenvalue weighted by Gasteiger charge is 2.23. The van der Waals surface area contributed by atoms with Gasteiger partial charge in [0.2, 0.25) is 5.91 Å². The number of carbonyl (C=O) groups excluding carboxylic acids is 1. The van der Waals surface area contributed by atoms with Crippen LogP contribution in [-0.4, -0.2) is 28.8 Å². The van der Waals surface area contributed by atoms with Crippen LogP contribution in [0.4, 0.5) is 4.39 Å². The van der Waals surface area contributed by atoms with Crippen LogP contribution in [0, 0.1) is 5.82 Å². The Hall–Kier alpha value is -1.56. The first-order valence-corrected chi connectivity index (χ1v) is 6.50. The number of hydrogen-bond donors (Lipinski definition) is 2. The van der Waals surface area contributed by atoms with Crippen LogP contribution in [0.1, 0.15) is 23.2 Å². The van der Waals surface area contributed by atoms with Gasteiger partial charge in [-0.3, -0.25) is 4.79 Å².